The molecule has 1 aromatic heterocycles. The Morgan fingerprint density at radius 3 is 2.36 bits per heavy atom. The molecule has 2 saturated heterocycles. The zero-order chi connectivity index (χ0) is 19.5. The Kier molecular flexibility index (Phi) is 6.13. The first kappa shape index (κ1) is 19.6. The highest BCUT2D eigenvalue weighted by atomic mass is 35.5. The number of hydrogen-bond acceptors (Lipinski definition) is 6. The molecule has 3 heterocycles. The number of piperidine rings is 1. The van der Waals surface area contributed by atoms with Gasteiger partial charge in [-0.05, 0) is 57.1 Å². The molecule has 2 aliphatic rings. The average Bonchev–Trinajstić information content (AvgIpc) is 3.15. The molecule has 0 saturated carbocycles. The van der Waals surface area contributed by atoms with Crippen molar-refractivity contribution < 1.29 is 4.79 Å². The van der Waals surface area contributed by atoms with Crippen molar-refractivity contribution in [2.45, 2.75) is 25.7 Å². The molecule has 2 aromatic rings. The number of benzene rings is 1. The molecule has 28 heavy (non-hydrogen) atoms. The minimum atomic E-state index is 0.251. The predicted molar refractivity (Wildman–Crippen MR) is 113 cm³/mol. The van der Waals surface area contributed by atoms with Gasteiger partial charge in [-0.15, -0.1) is 21.5 Å². The molecule has 6 nitrogen and oxygen atoms in total. The van der Waals surface area contributed by atoms with Gasteiger partial charge in [0.15, 0.2) is 0 Å². The van der Waals surface area contributed by atoms with E-state index in [0.717, 1.165) is 67.1 Å². The van der Waals surface area contributed by atoms with E-state index in [0.29, 0.717) is 12.5 Å². The van der Waals surface area contributed by atoms with Crippen LogP contribution in [0.1, 0.15) is 28.8 Å². The minimum Gasteiger partial charge on any atom is -0.368 e. The third-order valence-electron chi connectivity index (χ3n) is 5.66. The summed E-state index contributed by atoms with van der Waals surface area (Å²) in [6, 6.07) is 7.93. The van der Waals surface area contributed by atoms with E-state index in [1.165, 1.54) is 5.69 Å². The first-order valence-corrected chi connectivity index (χ1v) is 11.1. The Balaban J connectivity index is 1.22. The van der Waals surface area contributed by atoms with Gasteiger partial charge in [0.1, 0.15) is 10.0 Å². The Bertz CT molecular complexity index is 795. The number of hydrogen-bond donors (Lipinski definition) is 0. The minimum absolute atomic E-state index is 0.251. The summed E-state index contributed by atoms with van der Waals surface area (Å²) in [5.41, 5.74) is 1.17. The molecular weight excluding hydrogens is 394 g/mol. The smallest absolute Gasteiger partial charge is 0.236 e. The fraction of sp³-hybridized carbons (Fsp3) is 0.550. The number of halogens is 1. The van der Waals surface area contributed by atoms with Crippen LogP contribution in [0.15, 0.2) is 24.3 Å². The Morgan fingerprint density at radius 2 is 1.75 bits per heavy atom. The maximum atomic E-state index is 12.7. The van der Waals surface area contributed by atoms with Crippen molar-refractivity contribution in [3.8, 4) is 0 Å². The lowest BCUT2D eigenvalue weighted by Gasteiger charge is -2.38. The van der Waals surface area contributed by atoms with E-state index in [1.54, 1.807) is 11.3 Å². The third kappa shape index (κ3) is 4.64. The van der Waals surface area contributed by atoms with E-state index in [9.17, 15) is 4.79 Å². The van der Waals surface area contributed by atoms with Crippen molar-refractivity contribution in [3.05, 3.63) is 39.3 Å². The second kappa shape index (κ2) is 8.76. The van der Waals surface area contributed by atoms with Gasteiger partial charge in [0.2, 0.25) is 5.91 Å². The van der Waals surface area contributed by atoms with Gasteiger partial charge in [0.25, 0.3) is 0 Å². The van der Waals surface area contributed by atoms with Crippen LogP contribution in [-0.4, -0.2) is 71.7 Å². The molecule has 0 spiro atoms. The zero-order valence-electron chi connectivity index (χ0n) is 16.2. The van der Waals surface area contributed by atoms with E-state index in [2.05, 4.69) is 20.0 Å². The number of nitrogens with zero attached hydrogens (tertiary/aromatic N) is 5. The number of likely N-dealkylation sites (tertiary alicyclic amines) is 1. The third-order valence-corrected chi connectivity index (χ3v) is 6.91. The molecule has 0 N–H and O–H groups in total. The van der Waals surface area contributed by atoms with Crippen molar-refractivity contribution in [2.75, 3.05) is 50.7 Å². The molecule has 2 aliphatic heterocycles. The van der Waals surface area contributed by atoms with Gasteiger partial charge >= 0.3 is 0 Å². The molecule has 0 atom stereocenters. The number of carbonyl (C=O) groups is 1. The van der Waals surface area contributed by atoms with Crippen LogP contribution in [0.3, 0.4) is 0 Å². The van der Waals surface area contributed by atoms with Crippen LogP contribution >= 0.6 is 22.9 Å². The molecule has 1 aromatic carbocycles. The summed E-state index contributed by atoms with van der Waals surface area (Å²) in [6.07, 6.45) is 2.12. The quantitative estimate of drug-likeness (QED) is 0.762. The lowest BCUT2D eigenvalue weighted by molar-refractivity contribution is -0.133. The van der Waals surface area contributed by atoms with Gasteiger partial charge in [-0.2, -0.15) is 0 Å². The predicted octanol–water partition coefficient (Wildman–Crippen LogP) is 3.03. The molecule has 0 aliphatic carbocycles. The van der Waals surface area contributed by atoms with Crippen LogP contribution in [0, 0.1) is 6.92 Å². The summed E-state index contributed by atoms with van der Waals surface area (Å²) < 4.78 is 0. The highest BCUT2D eigenvalue weighted by Crippen LogP contribution is 2.29. The maximum Gasteiger partial charge on any atom is 0.236 e. The summed E-state index contributed by atoms with van der Waals surface area (Å²) in [5, 5.41) is 11.4. The molecule has 4 rings (SSSR count). The highest BCUT2D eigenvalue weighted by molar-refractivity contribution is 7.11. The topological polar surface area (TPSA) is 52.6 Å². The second-order valence-corrected chi connectivity index (χ2v) is 9.20. The van der Waals surface area contributed by atoms with Gasteiger partial charge < -0.3 is 9.80 Å². The summed E-state index contributed by atoms with van der Waals surface area (Å²) >= 11 is 7.67. The van der Waals surface area contributed by atoms with Gasteiger partial charge in [-0.1, -0.05) is 11.6 Å². The van der Waals surface area contributed by atoms with Crippen LogP contribution < -0.4 is 4.90 Å². The van der Waals surface area contributed by atoms with Crippen LogP contribution in [0.2, 0.25) is 5.02 Å². The summed E-state index contributed by atoms with van der Waals surface area (Å²) in [7, 11) is 0. The Hall–Kier alpha value is -1.70. The molecular formula is C20H26ClN5OS. The first-order valence-electron chi connectivity index (χ1n) is 9.89. The SMILES string of the molecule is Cc1nnc(C2CCN(CC(=O)N3CCN(c4ccc(Cl)cc4)CC3)CC2)s1. The fourth-order valence-corrected chi connectivity index (χ4v) is 4.97. The van der Waals surface area contributed by atoms with E-state index in [1.807, 2.05) is 36.1 Å². The molecule has 8 heteroatoms. The van der Waals surface area contributed by atoms with Crippen molar-refractivity contribution in [3.63, 3.8) is 0 Å². The monoisotopic (exact) mass is 419 g/mol. The number of aromatic nitrogens is 2. The molecule has 150 valence electrons. The number of carbonyl (C=O) groups excluding carboxylic acids is 1. The summed E-state index contributed by atoms with van der Waals surface area (Å²) in [5.74, 6) is 0.751. The Morgan fingerprint density at radius 1 is 1.07 bits per heavy atom. The second-order valence-electron chi connectivity index (χ2n) is 7.55. The number of aryl methyl sites for hydroxylation is 1. The van der Waals surface area contributed by atoms with Crippen molar-refractivity contribution in [2.24, 2.45) is 0 Å². The van der Waals surface area contributed by atoms with Crippen molar-refractivity contribution in [1.29, 1.82) is 0 Å². The average molecular weight is 420 g/mol. The van der Waals surface area contributed by atoms with Gasteiger partial charge in [-0.3, -0.25) is 9.69 Å². The number of amides is 1. The lowest BCUT2D eigenvalue weighted by Crippen LogP contribution is -2.51. The fourth-order valence-electron chi connectivity index (χ4n) is 3.97. The maximum absolute atomic E-state index is 12.7. The summed E-state index contributed by atoms with van der Waals surface area (Å²) in [4.78, 5) is 19.3. The molecule has 0 unspecified atom stereocenters. The number of anilines is 1. The van der Waals surface area contributed by atoms with Gasteiger partial charge in [0, 0.05) is 42.8 Å². The highest BCUT2D eigenvalue weighted by Gasteiger charge is 2.27. The number of rotatable bonds is 4. The van der Waals surface area contributed by atoms with E-state index in [4.69, 9.17) is 11.6 Å². The molecule has 0 bridgehead atoms. The van der Waals surface area contributed by atoms with Crippen molar-refractivity contribution >= 4 is 34.5 Å². The lowest BCUT2D eigenvalue weighted by atomic mass is 9.97. The summed E-state index contributed by atoms with van der Waals surface area (Å²) in [6.45, 7) is 7.74. The van der Waals surface area contributed by atoms with E-state index >= 15 is 0 Å². The standard InChI is InChI=1S/C20H26ClN5OS/c1-15-22-23-20(28-15)16-6-8-24(9-7-16)14-19(27)26-12-10-25(11-13-26)18-4-2-17(21)3-5-18/h2-5,16H,6-14H2,1H3. The first-order chi connectivity index (χ1) is 13.6. The van der Waals surface area contributed by atoms with Crippen molar-refractivity contribution in [1.82, 2.24) is 20.0 Å². The largest absolute Gasteiger partial charge is 0.368 e. The van der Waals surface area contributed by atoms with Crippen LogP contribution in [-0.2, 0) is 4.79 Å². The molecule has 2 fully saturated rings. The zero-order valence-corrected chi connectivity index (χ0v) is 17.8. The van der Waals surface area contributed by atoms with E-state index < -0.39 is 0 Å². The van der Waals surface area contributed by atoms with E-state index in [-0.39, 0.29) is 5.91 Å². The molecule has 1 amide bonds. The number of piperazine rings is 1. The van der Waals surface area contributed by atoms with Gasteiger partial charge in [-0.25, -0.2) is 0 Å². The van der Waals surface area contributed by atoms with Crippen LogP contribution in [0.25, 0.3) is 0 Å². The Labute approximate surface area is 175 Å². The van der Waals surface area contributed by atoms with Crippen LogP contribution in [0.5, 0.6) is 0 Å². The normalized spacial score (nSPS) is 19.2. The molecule has 0 radical (unpaired) electrons. The van der Waals surface area contributed by atoms with Gasteiger partial charge in [0.05, 0.1) is 6.54 Å². The van der Waals surface area contributed by atoms with Crippen LogP contribution in [0.4, 0.5) is 5.69 Å².